The molecule has 0 aromatic heterocycles. The van der Waals surface area contributed by atoms with Crippen LogP contribution in [0.4, 0.5) is 0 Å². The fourth-order valence-corrected chi connectivity index (χ4v) is 3.50. The molecule has 2 aliphatic rings. The van der Waals surface area contributed by atoms with Crippen molar-refractivity contribution in [3.05, 3.63) is 33.8 Å². The van der Waals surface area contributed by atoms with Crippen molar-refractivity contribution in [3.63, 3.8) is 0 Å². The topological polar surface area (TPSA) is 15.3 Å². The minimum Gasteiger partial charge on any atom is -0.316 e. The van der Waals surface area contributed by atoms with Crippen LogP contribution in [0.5, 0.6) is 0 Å². The van der Waals surface area contributed by atoms with Crippen LogP contribution in [0, 0.1) is 18.8 Å². The zero-order valence-electron chi connectivity index (χ0n) is 10.2. The molecule has 92 valence electrons. The molecule has 1 aromatic carbocycles. The highest BCUT2D eigenvalue weighted by molar-refractivity contribution is 9.10. The summed E-state index contributed by atoms with van der Waals surface area (Å²) < 4.78 is 1.23. The van der Waals surface area contributed by atoms with Crippen LogP contribution in [0.15, 0.2) is 22.7 Å². The molecule has 0 spiro atoms. The Balaban J connectivity index is 1.65. The second-order valence-electron chi connectivity index (χ2n) is 5.46. The molecule has 2 heterocycles. The van der Waals surface area contributed by atoms with Crippen LogP contribution < -0.4 is 5.32 Å². The Morgan fingerprint density at radius 2 is 2.00 bits per heavy atom. The maximum absolute atomic E-state index is 3.62. The van der Waals surface area contributed by atoms with Crippen LogP contribution in [-0.2, 0) is 6.54 Å². The maximum Gasteiger partial charge on any atom is 0.0234 e. The molecule has 3 rings (SSSR count). The summed E-state index contributed by atoms with van der Waals surface area (Å²) in [5.74, 6) is 1.78. The van der Waals surface area contributed by atoms with E-state index >= 15 is 0 Å². The van der Waals surface area contributed by atoms with Crippen LogP contribution in [0.1, 0.15) is 11.1 Å². The van der Waals surface area contributed by atoms with Crippen molar-refractivity contribution < 1.29 is 0 Å². The van der Waals surface area contributed by atoms with Crippen molar-refractivity contribution in [2.24, 2.45) is 11.8 Å². The molecule has 2 saturated heterocycles. The first kappa shape index (κ1) is 11.7. The number of rotatable bonds is 2. The summed E-state index contributed by atoms with van der Waals surface area (Å²) in [6, 6.07) is 6.73. The predicted molar refractivity (Wildman–Crippen MR) is 74.0 cm³/mol. The van der Waals surface area contributed by atoms with Gasteiger partial charge in [0, 0.05) is 24.1 Å². The van der Waals surface area contributed by atoms with E-state index < -0.39 is 0 Å². The van der Waals surface area contributed by atoms with Crippen molar-refractivity contribution in [1.82, 2.24) is 10.2 Å². The summed E-state index contributed by atoms with van der Waals surface area (Å²) in [6.45, 7) is 8.22. The molecule has 17 heavy (non-hydrogen) atoms. The zero-order chi connectivity index (χ0) is 11.8. The van der Waals surface area contributed by atoms with Crippen LogP contribution in [-0.4, -0.2) is 31.1 Å². The molecular formula is C14H19BrN2. The molecular weight excluding hydrogens is 276 g/mol. The van der Waals surface area contributed by atoms with Gasteiger partial charge in [-0.15, -0.1) is 0 Å². The maximum atomic E-state index is 3.62. The Hall–Kier alpha value is -0.380. The van der Waals surface area contributed by atoms with Crippen molar-refractivity contribution in [2.45, 2.75) is 13.5 Å². The molecule has 0 radical (unpaired) electrons. The molecule has 0 bridgehead atoms. The van der Waals surface area contributed by atoms with E-state index in [9.17, 15) is 0 Å². The minimum absolute atomic E-state index is 0.892. The third-order valence-corrected chi connectivity index (χ3v) is 4.96. The van der Waals surface area contributed by atoms with E-state index in [1.165, 1.54) is 41.8 Å². The molecule has 0 amide bonds. The molecule has 0 unspecified atom stereocenters. The molecule has 2 nitrogen and oxygen atoms in total. The molecule has 0 aliphatic carbocycles. The van der Waals surface area contributed by atoms with Crippen molar-refractivity contribution in [3.8, 4) is 0 Å². The first-order chi connectivity index (χ1) is 8.22. The van der Waals surface area contributed by atoms with Crippen molar-refractivity contribution >= 4 is 15.9 Å². The number of hydrogen-bond acceptors (Lipinski definition) is 2. The molecule has 1 N–H and O–H groups in total. The fraction of sp³-hybridized carbons (Fsp3) is 0.571. The van der Waals surface area contributed by atoms with Gasteiger partial charge in [-0.05, 0) is 49.0 Å². The molecule has 2 atom stereocenters. The third kappa shape index (κ3) is 2.42. The number of nitrogens with zero attached hydrogens (tertiary/aromatic N) is 1. The van der Waals surface area contributed by atoms with E-state index in [-0.39, 0.29) is 0 Å². The number of fused-ring (bicyclic) bond motifs is 1. The lowest BCUT2D eigenvalue weighted by atomic mass is 10.0. The largest absolute Gasteiger partial charge is 0.316 e. The molecule has 1 aromatic rings. The van der Waals surface area contributed by atoms with Crippen molar-refractivity contribution in [2.75, 3.05) is 26.2 Å². The van der Waals surface area contributed by atoms with Gasteiger partial charge in [0.15, 0.2) is 0 Å². The van der Waals surface area contributed by atoms with E-state index in [0.717, 1.165) is 18.4 Å². The van der Waals surface area contributed by atoms with Gasteiger partial charge in [-0.1, -0.05) is 28.1 Å². The summed E-state index contributed by atoms with van der Waals surface area (Å²) in [4.78, 5) is 2.60. The Morgan fingerprint density at radius 3 is 2.65 bits per heavy atom. The lowest BCUT2D eigenvalue weighted by molar-refractivity contribution is 0.305. The highest BCUT2D eigenvalue weighted by Crippen LogP contribution is 2.28. The first-order valence-electron chi connectivity index (χ1n) is 6.40. The van der Waals surface area contributed by atoms with E-state index in [1.807, 2.05) is 0 Å². The highest BCUT2D eigenvalue weighted by atomic mass is 79.9. The zero-order valence-corrected chi connectivity index (χ0v) is 11.8. The van der Waals surface area contributed by atoms with Gasteiger partial charge in [-0.25, -0.2) is 0 Å². The molecule has 3 heteroatoms. The molecule has 0 saturated carbocycles. The normalized spacial score (nSPS) is 28.6. The number of likely N-dealkylation sites (tertiary alicyclic amines) is 1. The second kappa shape index (κ2) is 4.71. The van der Waals surface area contributed by atoms with Gasteiger partial charge in [-0.2, -0.15) is 0 Å². The second-order valence-corrected chi connectivity index (χ2v) is 6.31. The number of hydrogen-bond donors (Lipinski definition) is 1. The summed E-state index contributed by atoms with van der Waals surface area (Å²) in [7, 11) is 0. The van der Waals surface area contributed by atoms with Gasteiger partial charge in [0.05, 0.1) is 0 Å². The van der Waals surface area contributed by atoms with Gasteiger partial charge in [0.25, 0.3) is 0 Å². The third-order valence-electron chi connectivity index (χ3n) is 4.11. The van der Waals surface area contributed by atoms with Gasteiger partial charge < -0.3 is 5.32 Å². The minimum atomic E-state index is 0.892. The van der Waals surface area contributed by atoms with Gasteiger partial charge in [-0.3, -0.25) is 4.90 Å². The summed E-state index contributed by atoms with van der Waals surface area (Å²) in [5, 5.41) is 3.49. The Kier molecular flexibility index (Phi) is 3.24. The Morgan fingerprint density at radius 1 is 1.29 bits per heavy atom. The van der Waals surface area contributed by atoms with Crippen LogP contribution in [0.25, 0.3) is 0 Å². The standard InChI is InChI=1S/C14H19BrN2/c1-10-2-3-11(4-14(10)15)7-17-8-12-5-16-6-13(12)9-17/h2-4,12-13,16H,5-9H2,1H3/t12-,13+. The fourth-order valence-electron chi connectivity index (χ4n) is 3.07. The predicted octanol–water partition coefficient (Wildman–Crippen LogP) is 2.41. The number of aryl methyl sites for hydroxylation is 1. The summed E-state index contributed by atoms with van der Waals surface area (Å²) in [6.07, 6.45) is 0. The number of halogens is 1. The van der Waals surface area contributed by atoms with Crippen molar-refractivity contribution in [1.29, 1.82) is 0 Å². The molecule has 2 fully saturated rings. The van der Waals surface area contributed by atoms with Gasteiger partial charge in [0.1, 0.15) is 0 Å². The summed E-state index contributed by atoms with van der Waals surface area (Å²) in [5.41, 5.74) is 2.74. The highest BCUT2D eigenvalue weighted by Gasteiger charge is 2.35. The van der Waals surface area contributed by atoms with E-state index in [0.29, 0.717) is 0 Å². The van der Waals surface area contributed by atoms with E-state index in [2.05, 4.69) is 51.3 Å². The smallest absolute Gasteiger partial charge is 0.0234 e. The quantitative estimate of drug-likeness (QED) is 0.901. The lowest BCUT2D eigenvalue weighted by Crippen LogP contribution is -2.25. The number of nitrogens with one attached hydrogen (secondary N) is 1. The SMILES string of the molecule is Cc1ccc(CN2C[C@H]3CNC[C@H]3C2)cc1Br. The average molecular weight is 295 g/mol. The van der Waals surface area contributed by atoms with E-state index in [4.69, 9.17) is 0 Å². The average Bonchev–Trinajstić information content (AvgIpc) is 2.84. The van der Waals surface area contributed by atoms with Crippen LogP contribution in [0.3, 0.4) is 0 Å². The Bertz CT molecular complexity index is 407. The van der Waals surface area contributed by atoms with Crippen LogP contribution in [0.2, 0.25) is 0 Å². The van der Waals surface area contributed by atoms with Gasteiger partial charge >= 0.3 is 0 Å². The monoisotopic (exact) mass is 294 g/mol. The lowest BCUT2D eigenvalue weighted by Gasteiger charge is -2.17. The van der Waals surface area contributed by atoms with E-state index in [1.54, 1.807) is 0 Å². The van der Waals surface area contributed by atoms with Crippen LogP contribution >= 0.6 is 15.9 Å². The molecule has 2 aliphatic heterocycles. The summed E-state index contributed by atoms with van der Waals surface area (Å²) >= 11 is 3.62. The number of benzene rings is 1. The van der Waals surface area contributed by atoms with Gasteiger partial charge in [0.2, 0.25) is 0 Å². The first-order valence-corrected chi connectivity index (χ1v) is 7.20. The Labute approximate surface area is 112 Å².